The van der Waals surface area contributed by atoms with E-state index in [1.54, 1.807) is 4.90 Å². The van der Waals surface area contributed by atoms with Crippen molar-refractivity contribution in [2.75, 3.05) is 13.1 Å². The molecule has 0 bridgehead atoms. The number of amides is 1. The van der Waals surface area contributed by atoms with Crippen molar-refractivity contribution in [2.45, 2.75) is 70.0 Å². The van der Waals surface area contributed by atoms with Crippen LogP contribution in [0.3, 0.4) is 0 Å². The van der Waals surface area contributed by atoms with E-state index in [-0.39, 0.29) is 6.09 Å². The molecule has 0 radical (unpaired) electrons. The summed E-state index contributed by atoms with van der Waals surface area (Å²) in [5.41, 5.74) is 0.961. The van der Waals surface area contributed by atoms with Crippen molar-refractivity contribution in [2.24, 2.45) is 0 Å². The Balaban J connectivity index is 1.53. The molecule has 2 aliphatic rings. The second kappa shape index (κ2) is 6.36. The molecular weight excluding hydrogens is 304 g/mol. The highest BCUT2D eigenvalue weighted by atomic mass is 16.6. The summed E-state index contributed by atoms with van der Waals surface area (Å²) in [5.74, 6) is 0.701. The van der Waals surface area contributed by atoms with Crippen molar-refractivity contribution < 1.29 is 14.6 Å². The largest absolute Gasteiger partial charge is 0.444 e. The van der Waals surface area contributed by atoms with Crippen LogP contribution in [0.25, 0.3) is 0 Å². The lowest BCUT2D eigenvalue weighted by Gasteiger charge is -2.38. The maximum atomic E-state index is 12.1. The standard InChI is InChI=1S/C19H28N2O3/c1-18(2,3)24-17(22)21-10-8-19(23,9-11-21)12-16-7-6-15(13-20-16)14-4-5-14/h6-7,13-14,23H,4-5,8-12H2,1-3H3. The lowest BCUT2D eigenvalue weighted by atomic mass is 9.87. The van der Waals surface area contributed by atoms with E-state index < -0.39 is 11.2 Å². The van der Waals surface area contributed by atoms with Crippen molar-refractivity contribution in [3.8, 4) is 0 Å². The van der Waals surface area contributed by atoms with E-state index in [2.05, 4.69) is 11.1 Å². The van der Waals surface area contributed by atoms with Gasteiger partial charge in [-0.15, -0.1) is 0 Å². The minimum atomic E-state index is -0.785. The van der Waals surface area contributed by atoms with E-state index in [0.717, 1.165) is 5.69 Å². The summed E-state index contributed by atoms with van der Waals surface area (Å²) in [6.07, 6.45) is 5.84. The van der Waals surface area contributed by atoms with Crippen LogP contribution in [0.5, 0.6) is 0 Å². The van der Waals surface area contributed by atoms with E-state index >= 15 is 0 Å². The van der Waals surface area contributed by atoms with Gasteiger partial charge >= 0.3 is 6.09 Å². The van der Waals surface area contributed by atoms with Gasteiger partial charge in [0.1, 0.15) is 5.60 Å². The smallest absolute Gasteiger partial charge is 0.410 e. The van der Waals surface area contributed by atoms with Crippen molar-refractivity contribution in [1.29, 1.82) is 0 Å². The highest BCUT2D eigenvalue weighted by Crippen LogP contribution is 2.39. The summed E-state index contributed by atoms with van der Waals surface area (Å²) >= 11 is 0. The van der Waals surface area contributed by atoms with Gasteiger partial charge in [0.25, 0.3) is 0 Å². The third-order valence-electron chi connectivity index (χ3n) is 4.75. The lowest BCUT2D eigenvalue weighted by Crippen LogP contribution is -2.49. The molecule has 0 spiro atoms. The van der Waals surface area contributed by atoms with Gasteiger partial charge in [0.15, 0.2) is 0 Å². The second-order valence-corrected chi connectivity index (χ2v) is 8.23. The molecule has 0 aromatic carbocycles. The predicted octanol–water partition coefficient (Wildman–Crippen LogP) is 3.26. The average molecular weight is 332 g/mol. The monoisotopic (exact) mass is 332 g/mol. The number of nitrogens with zero attached hydrogens (tertiary/aromatic N) is 2. The van der Waals surface area contributed by atoms with Crippen molar-refractivity contribution in [3.05, 3.63) is 29.6 Å². The summed E-state index contributed by atoms with van der Waals surface area (Å²) < 4.78 is 5.40. The first-order valence-corrected chi connectivity index (χ1v) is 8.89. The zero-order valence-corrected chi connectivity index (χ0v) is 14.9. The first-order chi connectivity index (χ1) is 11.2. The van der Waals surface area contributed by atoms with Crippen molar-refractivity contribution in [3.63, 3.8) is 0 Å². The fourth-order valence-electron chi connectivity index (χ4n) is 3.14. The van der Waals surface area contributed by atoms with Crippen LogP contribution in [0.15, 0.2) is 18.3 Å². The predicted molar refractivity (Wildman–Crippen MR) is 91.9 cm³/mol. The van der Waals surface area contributed by atoms with Crippen LogP contribution in [0.1, 0.15) is 63.6 Å². The number of hydrogen-bond donors (Lipinski definition) is 1. The minimum absolute atomic E-state index is 0.295. The summed E-state index contributed by atoms with van der Waals surface area (Å²) in [6.45, 7) is 6.63. The number of rotatable bonds is 3. The molecule has 132 valence electrons. The molecule has 1 aromatic heterocycles. The highest BCUT2D eigenvalue weighted by Gasteiger charge is 2.36. The first-order valence-electron chi connectivity index (χ1n) is 8.89. The first kappa shape index (κ1) is 17.2. The minimum Gasteiger partial charge on any atom is -0.444 e. The normalized spacial score (nSPS) is 20.8. The molecule has 0 unspecified atom stereocenters. The van der Waals surface area contributed by atoms with Gasteiger partial charge in [-0.3, -0.25) is 4.98 Å². The number of piperidine rings is 1. The van der Waals surface area contributed by atoms with Crippen molar-refractivity contribution in [1.82, 2.24) is 9.88 Å². The van der Waals surface area contributed by atoms with E-state index in [1.807, 2.05) is 33.0 Å². The Morgan fingerprint density at radius 1 is 1.33 bits per heavy atom. The SMILES string of the molecule is CC(C)(C)OC(=O)N1CCC(O)(Cc2ccc(C3CC3)cn2)CC1. The Kier molecular flexibility index (Phi) is 4.56. The fraction of sp³-hybridized carbons (Fsp3) is 0.684. The number of aliphatic hydroxyl groups is 1. The van der Waals surface area contributed by atoms with Gasteiger partial charge < -0.3 is 14.7 Å². The van der Waals surface area contributed by atoms with Crippen LogP contribution >= 0.6 is 0 Å². The van der Waals surface area contributed by atoms with Crippen LogP contribution < -0.4 is 0 Å². The molecule has 2 fully saturated rings. The van der Waals surface area contributed by atoms with Crippen molar-refractivity contribution >= 4 is 6.09 Å². The molecule has 1 N–H and O–H groups in total. The molecule has 1 aliphatic heterocycles. The number of carbonyl (C=O) groups is 1. The number of carbonyl (C=O) groups excluding carboxylic acids is 1. The second-order valence-electron chi connectivity index (χ2n) is 8.23. The molecule has 1 saturated carbocycles. The Morgan fingerprint density at radius 2 is 2.00 bits per heavy atom. The van der Waals surface area contributed by atoms with Gasteiger partial charge in [-0.1, -0.05) is 6.07 Å². The summed E-state index contributed by atoms with van der Waals surface area (Å²) in [5, 5.41) is 10.8. The molecule has 0 atom stereocenters. The van der Waals surface area contributed by atoms with Crippen LogP contribution in [0, 0.1) is 0 Å². The average Bonchev–Trinajstić information content (AvgIpc) is 3.31. The molecule has 2 heterocycles. The van der Waals surface area contributed by atoms with E-state index in [9.17, 15) is 9.90 Å². The Labute approximate surface area is 144 Å². The van der Waals surface area contributed by atoms with Gasteiger partial charge in [-0.2, -0.15) is 0 Å². The fourth-order valence-corrected chi connectivity index (χ4v) is 3.14. The third-order valence-corrected chi connectivity index (χ3v) is 4.75. The van der Waals surface area contributed by atoms with Crippen LogP contribution in [0.2, 0.25) is 0 Å². The van der Waals surface area contributed by atoms with Gasteiger partial charge in [0, 0.05) is 31.4 Å². The molecule has 1 aliphatic carbocycles. The molecule has 24 heavy (non-hydrogen) atoms. The molecular formula is C19H28N2O3. The third kappa shape index (κ3) is 4.47. The summed E-state index contributed by atoms with van der Waals surface area (Å²) in [7, 11) is 0. The van der Waals surface area contributed by atoms with Crippen LogP contribution in [-0.4, -0.2) is 45.4 Å². The Bertz CT molecular complexity index is 580. The topological polar surface area (TPSA) is 62.7 Å². The van der Waals surface area contributed by atoms with Gasteiger partial charge in [-0.05, 0) is 64.0 Å². The number of hydrogen-bond acceptors (Lipinski definition) is 4. The quantitative estimate of drug-likeness (QED) is 0.923. The highest BCUT2D eigenvalue weighted by molar-refractivity contribution is 5.68. The van der Waals surface area contributed by atoms with E-state index in [4.69, 9.17) is 4.74 Å². The Hall–Kier alpha value is -1.62. The molecule has 1 amide bonds. The van der Waals surface area contributed by atoms with Gasteiger partial charge in [0.05, 0.1) is 5.60 Å². The molecule has 5 nitrogen and oxygen atoms in total. The Morgan fingerprint density at radius 3 is 2.50 bits per heavy atom. The summed E-state index contributed by atoms with van der Waals surface area (Å²) in [6, 6.07) is 4.17. The number of likely N-dealkylation sites (tertiary alicyclic amines) is 1. The van der Waals surface area contributed by atoms with Gasteiger partial charge in [-0.25, -0.2) is 4.79 Å². The summed E-state index contributed by atoms with van der Waals surface area (Å²) in [4.78, 5) is 18.3. The lowest BCUT2D eigenvalue weighted by molar-refractivity contribution is -0.0319. The van der Waals surface area contributed by atoms with Gasteiger partial charge in [0.2, 0.25) is 0 Å². The number of ether oxygens (including phenoxy) is 1. The van der Waals surface area contributed by atoms with E-state index in [0.29, 0.717) is 38.3 Å². The number of aromatic nitrogens is 1. The van der Waals surface area contributed by atoms with Crippen LogP contribution in [-0.2, 0) is 11.2 Å². The zero-order chi connectivity index (χ0) is 17.4. The maximum Gasteiger partial charge on any atom is 0.410 e. The maximum absolute atomic E-state index is 12.1. The number of pyridine rings is 1. The van der Waals surface area contributed by atoms with E-state index in [1.165, 1.54) is 18.4 Å². The molecule has 3 rings (SSSR count). The molecule has 1 aromatic rings. The zero-order valence-electron chi connectivity index (χ0n) is 14.9. The van der Waals surface area contributed by atoms with Crippen LogP contribution in [0.4, 0.5) is 4.79 Å². The molecule has 5 heteroatoms. The molecule has 1 saturated heterocycles.